The number of nitrogens with zero attached hydrogens (tertiary/aromatic N) is 2. The Hall–Kier alpha value is -1.88. The van der Waals surface area contributed by atoms with E-state index in [9.17, 15) is 4.79 Å². The van der Waals surface area contributed by atoms with Gasteiger partial charge in [-0.3, -0.25) is 9.69 Å². The number of carbonyl (C=O) groups excluding carboxylic acids is 1. The fraction of sp³-hybridized carbons (Fsp3) is 0.524. The van der Waals surface area contributed by atoms with Gasteiger partial charge in [0.05, 0.1) is 0 Å². The van der Waals surface area contributed by atoms with Gasteiger partial charge in [-0.2, -0.15) is 0 Å². The molecular formula is C21H27N3OS. The average molecular weight is 370 g/mol. The number of hydrogen-bond acceptors (Lipinski definition) is 3. The first-order chi connectivity index (χ1) is 12.6. The fourth-order valence-corrected chi connectivity index (χ4v) is 4.81. The maximum absolute atomic E-state index is 12.9. The molecule has 2 heterocycles. The first-order valence-electron chi connectivity index (χ1n) is 9.85. The molecule has 2 saturated heterocycles. The smallest absolute Gasteiger partial charge is 0.276 e. The van der Waals surface area contributed by atoms with Gasteiger partial charge in [0.1, 0.15) is 5.70 Å². The topological polar surface area (TPSA) is 35.6 Å². The quantitative estimate of drug-likeness (QED) is 0.646. The van der Waals surface area contributed by atoms with Crippen molar-refractivity contribution >= 4 is 35.0 Å². The number of amides is 1. The van der Waals surface area contributed by atoms with Gasteiger partial charge >= 0.3 is 0 Å². The second-order valence-electron chi connectivity index (χ2n) is 7.70. The second-order valence-corrected chi connectivity index (χ2v) is 8.08. The SMILES string of the molecule is Cc1cc(/C=C2\NC(=S)N(C3CCCCC3)C2=O)ccc1N1CCCC1. The molecule has 2 aliphatic heterocycles. The van der Waals surface area contributed by atoms with Crippen LogP contribution >= 0.6 is 12.2 Å². The third kappa shape index (κ3) is 3.37. The lowest BCUT2D eigenvalue weighted by Crippen LogP contribution is -2.41. The van der Waals surface area contributed by atoms with Crippen molar-refractivity contribution in [1.29, 1.82) is 0 Å². The van der Waals surface area contributed by atoms with E-state index in [-0.39, 0.29) is 11.9 Å². The Balaban J connectivity index is 1.53. The number of benzene rings is 1. The highest BCUT2D eigenvalue weighted by Crippen LogP contribution is 2.28. The molecule has 1 aromatic carbocycles. The first kappa shape index (κ1) is 17.5. The van der Waals surface area contributed by atoms with E-state index >= 15 is 0 Å². The minimum absolute atomic E-state index is 0.0307. The van der Waals surface area contributed by atoms with Gasteiger partial charge in [0.25, 0.3) is 5.91 Å². The predicted octanol–water partition coefficient (Wildman–Crippen LogP) is 3.99. The molecule has 0 unspecified atom stereocenters. The van der Waals surface area contributed by atoms with E-state index in [0.29, 0.717) is 10.8 Å². The fourth-order valence-electron chi connectivity index (χ4n) is 4.47. The maximum Gasteiger partial charge on any atom is 0.276 e. The minimum atomic E-state index is 0.0307. The van der Waals surface area contributed by atoms with Crippen LogP contribution in [0.3, 0.4) is 0 Å². The summed E-state index contributed by atoms with van der Waals surface area (Å²) in [5.41, 5.74) is 4.23. The molecule has 1 aromatic rings. The number of nitrogens with one attached hydrogen (secondary N) is 1. The van der Waals surface area contributed by atoms with Crippen molar-refractivity contribution in [2.45, 2.75) is 57.9 Å². The van der Waals surface area contributed by atoms with E-state index in [0.717, 1.165) is 31.5 Å². The summed E-state index contributed by atoms with van der Waals surface area (Å²) in [6, 6.07) is 6.72. The van der Waals surface area contributed by atoms with Crippen LogP contribution in [-0.4, -0.2) is 35.1 Å². The number of rotatable bonds is 3. The van der Waals surface area contributed by atoms with Gasteiger partial charge in [0.2, 0.25) is 0 Å². The maximum atomic E-state index is 12.9. The largest absolute Gasteiger partial charge is 0.371 e. The Morgan fingerprint density at radius 1 is 1.12 bits per heavy atom. The van der Waals surface area contributed by atoms with Gasteiger partial charge in [-0.1, -0.05) is 25.3 Å². The summed E-state index contributed by atoms with van der Waals surface area (Å²) in [6.07, 6.45) is 10.3. The zero-order valence-electron chi connectivity index (χ0n) is 15.5. The van der Waals surface area contributed by atoms with Crippen LogP contribution in [0.25, 0.3) is 6.08 Å². The molecule has 5 heteroatoms. The lowest BCUT2D eigenvalue weighted by Gasteiger charge is -2.29. The summed E-state index contributed by atoms with van der Waals surface area (Å²) in [6.45, 7) is 4.44. The Labute approximate surface area is 161 Å². The third-order valence-corrected chi connectivity index (χ3v) is 6.13. The van der Waals surface area contributed by atoms with Crippen molar-refractivity contribution in [3.63, 3.8) is 0 Å². The summed E-state index contributed by atoms with van der Waals surface area (Å²) in [4.78, 5) is 17.1. The molecule has 1 aliphatic carbocycles. The molecule has 0 spiro atoms. The molecule has 1 saturated carbocycles. The van der Waals surface area contributed by atoms with Crippen LogP contribution in [0.1, 0.15) is 56.1 Å². The molecule has 1 amide bonds. The highest BCUT2D eigenvalue weighted by molar-refractivity contribution is 7.80. The Kier molecular flexibility index (Phi) is 4.98. The van der Waals surface area contributed by atoms with Crippen LogP contribution in [0.5, 0.6) is 0 Å². The monoisotopic (exact) mass is 369 g/mol. The molecule has 3 aliphatic rings. The highest BCUT2D eigenvalue weighted by Gasteiger charge is 2.36. The van der Waals surface area contributed by atoms with Gasteiger partial charge in [-0.25, -0.2) is 0 Å². The molecule has 0 aromatic heterocycles. The van der Waals surface area contributed by atoms with Crippen LogP contribution in [-0.2, 0) is 4.79 Å². The van der Waals surface area contributed by atoms with Crippen molar-refractivity contribution in [1.82, 2.24) is 10.2 Å². The second kappa shape index (κ2) is 7.39. The zero-order valence-corrected chi connectivity index (χ0v) is 16.3. The molecule has 0 atom stereocenters. The van der Waals surface area contributed by atoms with Crippen molar-refractivity contribution < 1.29 is 4.79 Å². The van der Waals surface area contributed by atoms with Crippen molar-refractivity contribution in [3.05, 3.63) is 35.0 Å². The number of hydrogen-bond donors (Lipinski definition) is 1. The van der Waals surface area contributed by atoms with E-state index in [1.165, 1.54) is 43.4 Å². The Morgan fingerprint density at radius 3 is 2.54 bits per heavy atom. The molecular weight excluding hydrogens is 342 g/mol. The highest BCUT2D eigenvalue weighted by atomic mass is 32.1. The van der Waals surface area contributed by atoms with Crippen molar-refractivity contribution in [2.75, 3.05) is 18.0 Å². The molecule has 26 heavy (non-hydrogen) atoms. The third-order valence-electron chi connectivity index (χ3n) is 5.83. The molecule has 0 radical (unpaired) electrons. The predicted molar refractivity (Wildman–Crippen MR) is 110 cm³/mol. The number of anilines is 1. The average Bonchev–Trinajstić information content (AvgIpc) is 3.25. The normalized spacial score (nSPS) is 23.2. The molecule has 1 N–H and O–H groups in total. The van der Waals surface area contributed by atoms with Gasteiger partial charge in [-0.15, -0.1) is 0 Å². The Morgan fingerprint density at radius 2 is 1.85 bits per heavy atom. The van der Waals surface area contributed by atoms with E-state index in [2.05, 4.69) is 35.3 Å². The van der Waals surface area contributed by atoms with Crippen LogP contribution in [0.15, 0.2) is 23.9 Å². The van der Waals surface area contributed by atoms with Crippen LogP contribution in [0.4, 0.5) is 5.69 Å². The first-order valence-corrected chi connectivity index (χ1v) is 10.3. The van der Waals surface area contributed by atoms with E-state index < -0.39 is 0 Å². The summed E-state index contributed by atoms with van der Waals surface area (Å²) < 4.78 is 0. The van der Waals surface area contributed by atoms with Gasteiger partial charge in [0, 0.05) is 24.8 Å². The zero-order chi connectivity index (χ0) is 18.1. The van der Waals surface area contributed by atoms with E-state index in [4.69, 9.17) is 12.2 Å². The number of thiocarbonyl (C=S) groups is 1. The molecule has 4 rings (SSSR count). The molecule has 4 nitrogen and oxygen atoms in total. The van der Waals surface area contributed by atoms with E-state index in [1.807, 2.05) is 11.0 Å². The van der Waals surface area contributed by atoms with Crippen LogP contribution in [0, 0.1) is 6.92 Å². The molecule has 3 fully saturated rings. The van der Waals surface area contributed by atoms with Gasteiger partial charge < -0.3 is 10.2 Å². The van der Waals surface area contributed by atoms with E-state index in [1.54, 1.807) is 0 Å². The standard InChI is InChI=1S/C21H27N3OS/c1-15-13-16(9-10-19(15)23-11-5-6-12-23)14-18-20(25)24(21(26)22-18)17-7-3-2-4-8-17/h9-10,13-14,17H,2-8,11-12H2,1H3,(H,22,26)/b18-14-. The van der Waals surface area contributed by atoms with Crippen LogP contribution < -0.4 is 10.2 Å². The van der Waals surface area contributed by atoms with Gasteiger partial charge in [-0.05, 0) is 74.2 Å². The summed E-state index contributed by atoms with van der Waals surface area (Å²) >= 11 is 5.46. The summed E-state index contributed by atoms with van der Waals surface area (Å²) in [5.74, 6) is 0.0307. The molecule has 0 bridgehead atoms. The van der Waals surface area contributed by atoms with Crippen LogP contribution in [0.2, 0.25) is 0 Å². The van der Waals surface area contributed by atoms with Crippen molar-refractivity contribution in [3.8, 4) is 0 Å². The summed E-state index contributed by atoms with van der Waals surface area (Å²) in [7, 11) is 0. The lowest BCUT2D eigenvalue weighted by molar-refractivity contribution is -0.124. The summed E-state index contributed by atoms with van der Waals surface area (Å²) in [5, 5.41) is 3.72. The van der Waals surface area contributed by atoms with Crippen molar-refractivity contribution in [2.24, 2.45) is 0 Å². The minimum Gasteiger partial charge on any atom is -0.371 e. The number of carbonyl (C=O) groups is 1. The Bertz CT molecular complexity index is 746. The molecule has 138 valence electrons. The lowest BCUT2D eigenvalue weighted by atomic mass is 9.94. The number of aryl methyl sites for hydroxylation is 1. The van der Waals surface area contributed by atoms with Gasteiger partial charge in [0.15, 0.2) is 5.11 Å².